The molecule has 4 nitrogen and oxygen atoms in total. The third-order valence-electron chi connectivity index (χ3n) is 4.99. The van der Waals surface area contributed by atoms with Crippen LogP contribution in [0.4, 0.5) is 4.39 Å². The van der Waals surface area contributed by atoms with Crippen molar-refractivity contribution in [3.05, 3.63) is 59.4 Å². The van der Waals surface area contributed by atoms with Crippen LogP contribution in [0, 0.1) is 5.82 Å². The molecule has 5 heteroatoms. The summed E-state index contributed by atoms with van der Waals surface area (Å²) in [7, 11) is 3.39. The fourth-order valence-electron chi connectivity index (χ4n) is 3.51. The molecule has 0 unspecified atom stereocenters. The summed E-state index contributed by atoms with van der Waals surface area (Å²) in [5.41, 5.74) is 1.99. The second-order valence-electron chi connectivity index (χ2n) is 6.62. The molecule has 1 aliphatic rings. The van der Waals surface area contributed by atoms with Gasteiger partial charge in [-0.3, -0.25) is 0 Å². The number of benzene rings is 2. The average Bonchev–Trinajstić information content (AvgIpc) is 2.65. The smallest absolute Gasteiger partial charge is 0.132 e. The van der Waals surface area contributed by atoms with Crippen LogP contribution >= 0.6 is 0 Å². The lowest BCUT2D eigenvalue weighted by atomic mass is 10.1. The molecular weight excluding hydrogens is 319 g/mol. The van der Waals surface area contributed by atoms with Gasteiger partial charge in [-0.25, -0.2) is 4.39 Å². The first-order chi connectivity index (χ1) is 12.2. The van der Waals surface area contributed by atoms with E-state index in [1.54, 1.807) is 26.4 Å². The molecule has 3 rings (SSSR count). The number of quaternary nitrogens is 2. The third-order valence-corrected chi connectivity index (χ3v) is 4.99. The van der Waals surface area contributed by atoms with E-state index in [4.69, 9.17) is 9.47 Å². The summed E-state index contributed by atoms with van der Waals surface area (Å²) >= 11 is 0. The lowest BCUT2D eigenvalue weighted by Crippen LogP contribution is -3.27. The van der Waals surface area contributed by atoms with Gasteiger partial charge in [0.1, 0.15) is 56.6 Å². The van der Waals surface area contributed by atoms with E-state index in [2.05, 4.69) is 6.07 Å². The van der Waals surface area contributed by atoms with Crippen LogP contribution in [0.25, 0.3) is 0 Å². The molecule has 134 valence electrons. The lowest BCUT2D eigenvalue weighted by molar-refractivity contribution is -1.02. The van der Waals surface area contributed by atoms with Gasteiger partial charge in [0.15, 0.2) is 0 Å². The van der Waals surface area contributed by atoms with Crippen molar-refractivity contribution in [3.8, 4) is 11.5 Å². The predicted molar refractivity (Wildman–Crippen MR) is 94.7 cm³/mol. The minimum atomic E-state index is -0.0918. The molecule has 2 aromatic carbocycles. The Hall–Kier alpha value is -2.11. The molecule has 1 heterocycles. The Morgan fingerprint density at radius 3 is 2.08 bits per heavy atom. The van der Waals surface area contributed by atoms with E-state index in [1.807, 2.05) is 24.3 Å². The monoisotopic (exact) mass is 346 g/mol. The van der Waals surface area contributed by atoms with Gasteiger partial charge in [-0.1, -0.05) is 18.2 Å². The summed E-state index contributed by atoms with van der Waals surface area (Å²) in [5.74, 6) is 1.68. The van der Waals surface area contributed by atoms with E-state index in [-0.39, 0.29) is 5.82 Å². The van der Waals surface area contributed by atoms with Crippen molar-refractivity contribution < 1.29 is 23.7 Å². The van der Waals surface area contributed by atoms with E-state index in [0.717, 1.165) is 56.3 Å². The quantitative estimate of drug-likeness (QED) is 0.789. The van der Waals surface area contributed by atoms with Gasteiger partial charge >= 0.3 is 0 Å². The molecule has 0 bridgehead atoms. The van der Waals surface area contributed by atoms with Gasteiger partial charge in [0.25, 0.3) is 0 Å². The third kappa shape index (κ3) is 4.50. The van der Waals surface area contributed by atoms with Crippen molar-refractivity contribution in [2.45, 2.75) is 13.1 Å². The van der Waals surface area contributed by atoms with Crippen LogP contribution in [0.3, 0.4) is 0 Å². The second-order valence-corrected chi connectivity index (χ2v) is 6.62. The number of piperazine rings is 1. The minimum Gasteiger partial charge on any atom is -0.497 e. The van der Waals surface area contributed by atoms with E-state index in [9.17, 15) is 4.39 Å². The SMILES string of the molecule is COc1ccc(OC)c(C[NH+]2CC[NH+](Cc3ccccc3F)CC2)c1. The molecule has 1 fully saturated rings. The maximum absolute atomic E-state index is 13.8. The van der Waals surface area contributed by atoms with Crippen molar-refractivity contribution in [2.75, 3.05) is 40.4 Å². The summed E-state index contributed by atoms with van der Waals surface area (Å²) in [4.78, 5) is 2.98. The van der Waals surface area contributed by atoms with Gasteiger partial charge < -0.3 is 19.3 Å². The topological polar surface area (TPSA) is 27.3 Å². The van der Waals surface area contributed by atoms with Gasteiger partial charge in [0.05, 0.1) is 19.8 Å². The number of ether oxygens (including phenoxy) is 2. The van der Waals surface area contributed by atoms with Crippen LogP contribution in [0.2, 0.25) is 0 Å². The molecule has 2 aromatic rings. The zero-order valence-corrected chi connectivity index (χ0v) is 15.0. The highest BCUT2D eigenvalue weighted by atomic mass is 19.1. The molecule has 0 atom stereocenters. The Balaban J connectivity index is 1.57. The van der Waals surface area contributed by atoms with Crippen LogP contribution in [0.1, 0.15) is 11.1 Å². The molecule has 0 saturated carbocycles. The summed E-state index contributed by atoms with van der Waals surface area (Å²) in [6.07, 6.45) is 0. The molecule has 0 amide bonds. The molecule has 1 saturated heterocycles. The van der Waals surface area contributed by atoms with Crippen molar-refractivity contribution in [1.29, 1.82) is 0 Å². The first kappa shape index (κ1) is 17.7. The van der Waals surface area contributed by atoms with Gasteiger partial charge in [-0.05, 0) is 24.3 Å². The van der Waals surface area contributed by atoms with Gasteiger partial charge in [-0.2, -0.15) is 0 Å². The maximum Gasteiger partial charge on any atom is 0.132 e. The minimum absolute atomic E-state index is 0.0918. The zero-order chi connectivity index (χ0) is 17.6. The van der Waals surface area contributed by atoms with E-state index >= 15 is 0 Å². The standard InChI is InChI=1S/C20H25FN2O2/c1-24-18-7-8-20(25-2)17(13-18)15-23-11-9-22(10-12-23)14-16-5-3-4-6-19(16)21/h3-8,13H,9-12,14-15H2,1-2H3/p+2. The highest BCUT2D eigenvalue weighted by Crippen LogP contribution is 2.23. The number of halogens is 1. The number of rotatable bonds is 6. The Morgan fingerprint density at radius 2 is 1.48 bits per heavy atom. The Morgan fingerprint density at radius 1 is 0.840 bits per heavy atom. The lowest BCUT2D eigenvalue weighted by Gasteiger charge is -2.30. The fourth-order valence-corrected chi connectivity index (χ4v) is 3.51. The number of nitrogens with one attached hydrogen (secondary N) is 2. The van der Waals surface area contributed by atoms with Crippen LogP contribution in [-0.4, -0.2) is 40.4 Å². The summed E-state index contributed by atoms with van der Waals surface area (Å²) in [6.45, 7) is 5.94. The molecular formula is C20H27FN2O2+2. The molecule has 25 heavy (non-hydrogen) atoms. The number of methoxy groups -OCH3 is 2. The van der Waals surface area contributed by atoms with Crippen molar-refractivity contribution in [3.63, 3.8) is 0 Å². The van der Waals surface area contributed by atoms with Crippen LogP contribution < -0.4 is 19.3 Å². The largest absolute Gasteiger partial charge is 0.497 e. The summed E-state index contributed by atoms with van der Waals surface area (Å²) < 4.78 is 24.6. The Kier molecular flexibility index (Phi) is 5.89. The van der Waals surface area contributed by atoms with Crippen LogP contribution in [0.5, 0.6) is 11.5 Å². The highest BCUT2D eigenvalue weighted by Gasteiger charge is 2.25. The average molecular weight is 346 g/mol. The molecule has 0 radical (unpaired) electrons. The van der Waals surface area contributed by atoms with E-state index < -0.39 is 0 Å². The van der Waals surface area contributed by atoms with E-state index in [0.29, 0.717) is 0 Å². The van der Waals surface area contributed by atoms with Crippen LogP contribution in [-0.2, 0) is 13.1 Å². The molecule has 2 N–H and O–H groups in total. The van der Waals surface area contributed by atoms with Crippen molar-refractivity contribution in [2.24, 2.45) is 0 Å². The molecule has 1 aliphatic heterocycles. The number of hydrogen-bond acceptors (Lipinski definition) is 2. The zero-order valence-electron chi connectivity index (χ0n) is 15.0. The highest BCUT2D eigenvalue weighted by molar-refractivity contribution is 5.39. The molecule has 0 spiro atoms. The summed E-state index contributed by atoms with van der Waals surface area (Å²) in [6, 6.07) is 13.0. The van der Waals surface area contributed by atoms with E-state index in [1.165, 1.54) is 15.4 Å². The Bertz CT molecular complexity index is 700. The van der Waals surface area contributed by atoms with Crippen LogP contribution in [0.15, 0.2) is 42.5 Å². The summed E-state index contributed by atoms with van der Waals surface area (Å²) in [5, 5.41) is 0. The maximum atomic E-state index is 13.8. The van der Waals surface area contributed by atoms with Gasteiger partial charge in [0, 0.05) is 5.56 Å². The first-order valence-corrected chi connectivity index (χ1v) is 8.81. The molecule has 0 aliphatic carbocycles. The van der Waals surface area contributed by atoms with Crippen molar-refractivity contribution >= 4 is 0 Å². The number of hydrogen-bond donors (Lipinski definition) is 2. The predicted octanol–water partition coefficient (Wildman–Crippen LogP) is 0.327. The second kappa shape index (κ2) is 8.32. The fraction of sp³-hybridized carbons (Fsp3) is 0.400. The van der Waals surface area contributed by atoms with Gasteiger partial charge in [-0.15, -0.1) is 0 Å². The first-order valence-electron chi connectivity index (χ1n) is 8.81. The normalized spacial score (nSPS) is 20.3. The van der Waals surface area contributed by atoms with Gasteiger partial charge in [0.2, 0.25) is 0 Å². The Labute approximate surface area is 148 Å². The molecule has 0 aromatic heterocycles. The van der Waals surface area contributed by atoms with Crippen molar-refractivity contribution in [1.82, 2.24) is 0 Å².